The molecule has 1 aliphatic heterocycles. The van der Waals surface area contributed by atoms with Crippen molar-refractivity contribution in [1.29, 1.82) is 0 Å². The number of carbonyl (C=O) groups excluding carboxylic acids is 2. The van der Waals surface area contributed by atoms with Crippen LogP contribution >= 0.6 is 0 Å². The van der Waals surface area contributed by atoms with Crippen molar-refractivity contribution in [3.63, 3.8) is 0 Å². The first-order chi connectivity index (χ1) is 16.9. The second-order valence-corrected chi connectivity index (χ2v) is 9.59. The number of nitrogens with one attached hydrogen (secondary N) is 1. The fourth-order valence-electron chi connectivity index (χ4n) is 5.09. The quantitative estimate of drug-likeness (QED) is 0.569. The molecule has 3 heterocycles. The van der Waals surface area contributed by atoms with Crippen molar-refractivity contribution in [3.05, 3.63) is 77.1 Å². The normalized spacial score (nSPS) is 16.4. The number of carbonyl (C=O) groups is 2. The molecular formula is C26H31N7O2. The fraction of sp³-hybridized carbons (Fsp3) is 0.385. The number of imidazole rings is 1. The predicted octanol–water partition coefficient (Wildman–Crippen LogP) is 2.39. The number of hydrogen-bond acceptors (Lipinski definition) is 6. The van der Waals surface area contributed by atoms with E-state index in [9.17, 15) is 9.59 Å². The van der Waals surface area contributed by atoms with Gasteiger partial charge in [0.15, 0.2) is 5.82 Å². The third kappa shape index (κ3) is 4.27. The van der Waals surface area contributed by atoms with Gasteiger partial charge >= 0.3 is 0 Å². The van der Waals surface area contributed by atoms with Gasteiger partial charge in [-0.25, -0.2) is 4.98 Å². The van der Waals surface area contributed by atoms with Crippen LogP contribution in [-0.4, -0.2) is 56.8 Å². The van der Waals surface area contributed by atoms with Crippen LogP contribution in [0.2, 0.25) is 0 Å². The number of fused-ring (bicyclic) bond motifs is 2. The zero-order chi connectivity index (χ0) is 24.6. The highest BCUT2D eigenvalue weighted by atomic mass is 16.2. The summed E-state index contributed by atoms with van der Waals surface area (Å²) >= 11 is 0. The van der Waals surface area contributed by atoms with Crippen LogP contribution in [0, 0.1) is 0 Å². The predicted molar refractivity (Wildman–Crippen MR) is 132 cm³/mol. The Balaban J connectivity index is 1.31. The van der Waals surface area contributed by atoms with E-state index in [-0.39, 0.29) is 17.4 Å². The van der Waals surface area contributed by atoms with Crippen LogP contribution in [0.1, 0.15) is 57.2 Å². The van der Waals surface area contributed by atoms with Gasteiger partial charge in [0.1, 0.15) is 0 Å². The molecule has 35 heavy (non-hydrogen) atoms. The molecule has 1 spiro atoms. The zero-order valence-corrected chi connectivity index (χ0v) is 20.2. The largest absolute Gasteiger partial charge is 0.397 e. The number of benzene rings is 1. The lowest BCUT2D eigenvalue weighted by molar-refractivity contribution is -0.0217. The molecule has 1 fully saturated rings. The Morgan fingerprint density at radius 1 is 1.06 bits per heavy atom. The average Bonchev–Trinajstić information content (AvgIpc) is 3.27. The van der Waals surface area contributed by atoms with Gasteiger partial charge in [-0.1, -0.05) is 12.1 Å². The van der Waals surface area contributed by atoms with Crippen molar-refractivity contribution >= 4 is 17.5 Å². The van der Waals surface area contributed by atoms with Crippen LogP contribution in [-0.2, 0) is 25.2 Å². The average molecular weight is 474 g/mol. The molecule has 1 aromatic carbocycles. The molecule has 0 atom stereocenters. The van der Waals surface area contributed by atoms with Crippen molar-refractivity contribution in [2.24, 2.45) is 0 Å². The van der Waals surface area contributed by atoms with Crippen LogP contribution in [0.3, 0.4) is 0 Å². The first kappa shape index (κ1) is 23.0. The highest BCUT2D eigenvalue weighted by molar-refractivity contribution is 5.93. The van der Waals surface area contributed by atoms with E-state index in [0.717, 1.165) is 43.7 Å². The van der Waals surface area contributed by atoms with Crippen molar-refractivity contribution in [2.75, 3.05) is 26.4 Å². The smallest absolute Gasteiger partial charge is 0.287 e. The minimum absolute atomic E-state index is 0.00636. The van der Waals surface area contributed by atoms with E-state index in [1.54, 1.807) is 37.3 Å². The molecule has 0 bridgehead atoms. The summed E-state index contributed by atoms with van der Waals surface area (Å²) < 4.78 is 2.08. The summed E-state index contributed by atoms with van der Waals surface area (Å²) in [5, 5.41) is 2.94. The van der Waals surface area contributed by atoms with Crippen molar-refractivity contribution < 1.29 is 9.59 Å². The molecule has 3 aromatic rings. The molecule has 3 N–H and O–H groups in total. The monoisotopic (exact) mass is 473 g/mol. The molecule has 0 unspecified atom stereocenters. The highest BCUT2D eigenvalue weighted by Crippen LogP contribution is 2.49. The summed E-state index contributed by atoms with van der Waals surface area (Å²) in [6.45, 7) is 2.66. The maximum absolute atomic E-state index is 13.0. The van der Waals surface area contributed by atoms with E-state index in [2.05, 4.69) is 24.8 Å². The number of anilines is 1. The Bertz CT molecular complexity index is 1230. The molecule has 5 rings (SSSR count). The summed E-state index contributed by atoms with van der Waals surface area (Å²) in [5.41, 5.74) is 9.92. The first-order valence-electron chi connectivity index (χ1n) is 12.0. The molecule has 2 aromatic heterocycles. The van der Waals surface area contributed by atoms with Crippen LogP contribution < -0.4 is 11.1 Å². The summed E-state index contributed by atoms with van der Waals surface area (Å²) in [6.07, 6.45) is 6.71. The van der Waals surface area contributed by atoms with E-state index in [4.69, 9.17) is 5.73 Å². The minimum Gasteiger partial charge on any atom is -0.397 e. The second kappa shape index (κ2) is 9.14. The Morgan fingerprint density at radius 2 is 1.83 bits per heavy atom. The van der Waals surface area contributed by atoms with E-state index in [1.165, 1.54) is 5.56 Å². The molecular weight excluding hydrogens is 442 g/mol. The first-order valence-corrected chi connectivity index (χ1v) is 12.0. The van der Waals surface area contributed by atoms with E-state index < -0.39 is 0 Å². The number of pyridine rings is 1. The Hall–Kier alpha value is -3.72. The highest BCUT2D eigenvalue weighted by Gasteiger charge is 2.48. The lowest BCUT2D eigenvalue weighted by Gasteiger charge is -2.53. The van der Waals surface area contributed by atoms with E-state index in [0.29, 0.717) is 30.2 Å². The number of amides is 2. The number of nitrogens with two attached hydrogens (primary N) is 1. The summed E-state index contributed by atoms with van der Waals surface area (Å²) in [4.78, 5) is 38.0. The fourth-order valence-corrected chi connectivity index (χ4v) is 5.09. The van der Waals surface area contributed by atoms with Gasteiger partial charge in [0.05, 0.1) is 41.6 Å². The van der Waals surface area contributed by atoms with Crippen LogP contribution in [0.25, 0.3) is 0 Å². The van der Waals surface area contributed by atoms with E-state index >= 15 is 0 Å². The molecule has 1 aliphatic carbocycles. The number of nitrogen functional groups attached to an aromatic ring is 1. The lowest BCUT2D eigenvalue weighted by Crippen LogP contribution is -2.56. The van der Waals surface area contributed by atoms with Gasteiger partial charge in [-0.3, -0.25) is 19.5 Å². The molecule has 0 radical (unpaired) electrons. The van der Waals surface area contributed by atoms with Gasteiger partial charge in [0, 0.05) is 39.3 Å². The third-order valence-corrected chi connectivity index (χ3v) is 7.17. The van der Waals surface area contributed by atoms with Gasteiger partial charge in [-0.05, 0) is 49.1 Å². The van der Waals surface area contributed by atoms with Gasteiger partial charge in [0.25, 0.3) is 11.8 Å². The summed E-state index contributed by atoms with van der Waals surface area (Å²) in [7, 11) is 3.52. The van der Waals surface area contributed by atoms with Gasteiger partial charge in [-0.2, -0.15) is 0 Å². The minimum atomic E-state index is -0.195. The lowest BCUT2D eigenvalue weighted by atomic mass is 9.72. The number of rotatable bonds is 6. The van der Waals surface area contributed by atoms with Crippen LogP contribution in [0.15, 0.2) is 48.8 Å². The summed E-state index contributed by atoms with van der Waals surface area (Å²) in [5.74, 6) is 0.263. The molecule has 2 aliphatic rings. The summed E-state index contributed by atoms with van der Waals surface area (Å²) in [6, 6.07) is 11.5. The van der Waals surface area contributed by atoms with E-state index in [1.807, 2.05) is 30.5 Å². The van der Waals surface area contributed by atoms with Gasteiger partial charge < -0.3 is 20.5 Å². The zero-order valence-electron chi connectivity index (χ0n) is 20.2. The topological polar surface area (TPSA) is 109 Å². The Morgan fingerprint density at radius 3 is 2.46 bits per heavy atom. The van der Waals surface area contributed by atoms with Crippen LogP contribution in [0.5, 0.6) is 0 Å². The molecule has 182 valence electrons. The molecule has 2 amide bonds. The van der Waals surface area contributed by atoms with Crippen LogP contribution in [0.4, 0.5) is 5.69 Å². The van der Waals surface area contributed by atoms with Crippen molar-refractivity contribution in [1.82, 2.24) is 29.7 Å². The van der Waals surface area contributed by atoms with Gasteiger partial charge in [-0.15, -0.1) is 0 Å². The maximum Gasteiger partial charge on any atom is 0.287 e. The second-order valence-electron chi connectivity index (χ2n) is 9.59. The third-order valence-electron chi connectivity index (χ3n) is 7.17. The van der Waals surface area contributed by atoms with Crippen molar-refractivity contribution in [3.8, 4) is 0 Å². The standard InChI is InChI=1S/C26H31N7O2/c1-31(2)25(35)19-6-4-18(5-7-19)17-32-12-13-33-22(26(32)10-3-11-26)16-29-23(33)24(34)30-15-21-9-8-20(27)14-28-21/h4-9,14,16H,3,10-13,15,17,27H2,1-2H3,(H,30,34). The Labute approximate surface area is 205 Å². The number of nitrogens with zero attached hydrogens (tertiary/aromatic N) is 5. The van der Waals surface area contributed by atoms with Crippen molar-refractivity contribution in [2.45, 2.75) is 44.4 Å². The maximum atomic E-state index is 13.0. The Kier molecular flexibility index (Phi) is 6.02. The molecule has 9 nitrogen and oxygen atoms in total. The molecule has 0 saturated heterocycles. The SMILES string of the molecule is CN(C)C(=O)c1ccc(CN2CCn3c(cnc3C(=O)NCc3ccc(N)cn3)C23CCC3)cc1. The number of aromatic nitrogens is 3. The number of hydrogen-bond donors (Lipinski definition) is 2. The van der Waals surface area contributed by atoms with Gasteiger partial charge in [0.2, 0.25) is 0 Å². The molecule has 1 saturated carbocycles. The molecule has 9 heteroatoms.